The molecule has 2 aromatic carbocycles. The van der Waals surface area contributed by atoms with E-state index in [0.717, 1.165) is 20.0 Å². The highest BCUT2D eigenvalue weighted by Gasteiger charge is 2.04. The molecule has 0 spiro atoms. The van der Waals surface area contributed by atoms with Crippen LogP contribution in [-0.4, -0.2) is 4.98 Å². The van der Waals surface area contributed by atoms with Gasteiger partial charge in [0.05, 0.1) is 5.52 Å². The van der Waals surface area contributed by atoms with Crippen LogP contribution in [0.3, 0.4) is 0 Å². The van der Waals surface area contributed by atoms with E-state index in [9.17, 15) is 0 Å². The molecule has 3 aromatic rings. The summed E-state index contributed by atoms with van der Waals surface area (Å²) < 4.78 is 2.15. The summed E-state index contributed by atoms with van der Waals surface area (Å²) in [5, 5.41) is 2.41. The quantitative estimate of drug-likeness (QED) is 0.620. The second-order valence-corrected chi connectivity index (χ2v) is 5.25. The fourth-order valence-electron chi connectivity index (χ4n) is 1.77. The molecule has 3 rings (SSSR count). The van der Waals surface area contributed by atoms with Crippen LogP contribution in [-0.2, 0) is 0 Å². The van der Waals surface area contributed by atoms with E-state index in [0.29, 0.717) is 0 Å². The first-order valence-corrected chi connectivity index (χ1v) is 6.11. The van der Waals surface area contributed by atoms with Gasteiger partial charge in [0.1, 0.15) is 0 Å². The fourth-order valence-corrected chi connectivity index (χ4v) is 2.47. The van der Waals surface area contributed by atoms with Crippen molar-refractivity contribution >= 4 is 53.7 Å². The molecule has 73 valence electrons. The van der Waals surface area contributed by atoms with Crippen LogP contribution in [0, 0.1) is 6.07 Å². The first kappa shape index (κ1) is 9.43. The molecule has 1 heterocycles. The Kier molecular flexibility index (Phi) is 2.11. The molecule has 0 aliphatic heterocycles. The number of aromatic nitrogens is 1. The third-order valence-corrected chi connectivity index (χ3v) is 3.39. The van der Waals surface area contributed by atoms with Gasteiger partial charge >= 0.3 is 0 Å². The molecule has 3 heteroatoms. The molecule has 0 amide bonds. The molecule has 0 saturated carbocycles. The molecule has 15 heavy (non-hydrogen) atoms. The van der Waals surface area contributed by atoms with Gasteiger partial charge < -0.3 is 4.98 Å². The highest BCUT2D eigenvalue weighted by Crippen LogP contribution is 2.29. The van der Waals surface area contributed by atoms with Crippen LogP contribution < -0.4 is 0 Å². The average molecular weight is 324 g/mol. The predicted molar refractivity (Wildman–Crippen MR) is 70.0 cm³/mol. The topological polar surface area (TPSA) is 15.8 Å². The average Bonchev–Trinajstić information content (AvgIpc) is 2.56. The van der Waals surface area contributed by atoms with Crippen molar-refractivity contribution in [1.29, 1.82) is 0 Å². The molecular formula is C12H6Br2N. The minimum atomic E-state index is 1.05. The standard InChI is InChI=1S/C12H6Br2N/c13-7-1-3-11-9(5-7)10-6-8(14)2-4-12(10)15-11/h1-3,5-6,15H. The third kappa shape index (κ3) is 1.50. The second-order valence-electron chi connectivity index (χ2n) is 3.42. The molecule has 0 bridgehead atoms. The maximum atomic E-state index is 3.49. The molecule has 1 nitrogen and oxygen atoms in total. The Hall–Kier alpha value is -0.800. The third-order valence-electron chi connectivity index (χ3n) is 2.44. The van der Waals surface area contributed by atoms with Gasteiger partial charge in [-0.1, -0.05) is 31.9 Å². The fraction of sp³-hybridized carbons (Fsp3) is 0. The van der Waals surface area contributed by atoms with Gasteiger partial charge in [0, 0.05) is 31.3 Å². The van der Waals surface area contributed by atoms with Gasteiger partial charge in [-0.25, -0.2) is 0 Å². The van der Waals surface area contributed by atoms with E-state index in [-0.39, 0.29) is 0 Å². The Morgan fingerprint density at radius 1 is 1.00 bits per heavy atom. The van der Waals surface area contributed by atoms with Gasteiger partial charge in [-0.3, -0.25) is 0 Å². The van der Waals surface area contributed by atoms with Crippen molar-refractivity contribution in [3.63, 3.8) is 0 Å². The van der Waals surface area contributed by atoms with Crippen LogP contribution in [0.25, 0.3) is 21.8 Å². The summed E-state index contributed by atoms with van der Waals surface area (Å²) in [5.41, 5.74) is 2.19. The molecule has 0 aliphatic carbocycles. The van der Waals surface area contributed by atoms with Gasteiger partial charge in [-0.2, -0.15) is 0 Å². The Morgan fingerprint density at radius 2 is 1.80 bits per heavy atom. The largest absolute Gasteiger partial charge is 0.354 e. The number of hydrogen-bond donors (Lipinski definition) is 1. The number of fused-ring (bicyclic) bond motifs is 3. The van der Waals surface area contributed by atoms with E-state index in [1.54, 1.807) is 0 Å². The van der Waals surface area contributed by atoms with Gasteiger partial charge in [0.15, 0.2) is 0 Å². The summed E-state index contributed by atoms with van der Waals surface area (Å²) in [5.74, 6) is 0. The highest BCUT2D eigenvalue weighted by atomic mass is 79.9. The van der Waals surface area contributed by atoms with E-state index in [1.807, 2.05) is 12.1 Å². The van der Waals surface area contributed by atoms with Crippen molar-refractivity contribution in [2.24, 2.45) is 0 Å². The minimum absolute atomic E-state index is 1.05. The number of hydrogen-bond acceptors (Lipinski definition) is 0. The molecule has 0 unspecified atom stereocenters. The van der Waals surface area contributed by atoms with Crippen LogP contribution in [0.4, 0.5) is 0 Å². The normalized spacial score (nSPS) is 11.3. The number of H-pyrrole nitrogens is 1. The summed E-state index contributed by atoms with van der Waals surface area (Å²) in [6.07, 6.45) is 0. The summed E-state index contributed by atoms with van der Waals surface area (Å²) in [6.45, 7) is 0. The summed E-state index contributed by atoms with van der Waals surface area (Å²) in [4.78, 5) is 3.34. The molecule has 0 aliphatic rings. The SMILES string of the molecule is Brc1c[c]c2[nH]c3ccc(Br)cc3c2c1. The lowest BCUT2D eigenvalue weighted by molar-refractivity contribution is 1.53. The van der Waals surface area contributed by atoms with Crippen molar-refractivity contribution in [2.75, 3.05) is 0 Å². The predicted octanol–water partition coefficient (Wildman–Crippen LogP) is 4.65. The Bertz CT molecular complexity index is 599. The van der Waals surface area contributed by atoms with Crippen molar-refractivity contribution in [3.05, 3.63) is 45.3 Å². The molecule has 1 radical (unpaired) electrons. The maximum Gasteiger partial charge on any atom is 0.0546 e. The molecule has 0 atom stereocenters. The van der Waals surface area contributed by atoms with Crippen LogP contribution in [0.2, 0.25) is 0 Å². The van der Waals surface area contributed by atoms with E-state index < -0.39 is 0 Å². The van der Waals surface area contributed by atoms with Crippen molar-refractivity contribution in [2.45, 2.75) is 0 Å². The first-order chi connectivity index (χ1) is 7.24. The van der Waals surface area contributed by atoms with Gasteiger partial charge in [-0.15, -0.1) is 0 Å². The zero-order chi connectivity index (χ0) is 10.4. The lowest BCUT2D eigenvalue weighted by Gasteiger charge is -1.93. The van der Waals surface area contributed by atoms with Gasteiger partial charge in [0.2, 0.25) is 0 Å². The minimum Gasteiger partial charge on any atom is -0.354 e. The summed E-state index contributed by atoms with van der Waals surface area (Å²) >= 11 is 6.95. The number of halogens is 2. The first-order valence-electron chi connectivity index (χ1n) is 4.52. The van der Waals surface area contributed by atoms with E-state index >= 15 is 0 Å². The Morgan fingerprint density at radius 3 is 2.67 bits per heavy atom. The van der Waals surface area contributed by atoms with Crippen LogP contribution >= 0.6 is 31.9 Å². The smallest absolute Gasteiger partial charge is 0.0546 e. The van der Waals surface area contributed by atoms with Crippen LogP contribution in [0.5, 0.6) is 0 Å². The molecular weight excluding hydrogens is 318 g/mol. The second kappa shape index (κ2) is 3.35. The van der Waals surface area contributed by atoms with Gasteiger partial charge in [-0.05, 0) is 30.3 Å². The van der Waals surface area contributed by atoms with Crippen LogP contribution in [0.15, 0.2) is 39.3 Å². The van der Waals surface area contributed by atoms with E-state index in [4.69, 9.17) is 0 Å². The number of rotatable bonds is 0. The van der Waals surface area contributed by atoms with Gasteiger partial charge in [0.25, 0.3) is 0 Å². The number of aromatic amines is 1. The lowest BCUT2D eigenvalue weighted by Crippen LogP contribution is -1.68. The Labute approximate surface area is 104 Å². The molecule has 1 N–H and O–H groups in total. The number of benzene rings is 2. The van der Waals surface area contributed by atoms with E-state index in [2.05, 4.69) is 61.1 Å². The lowest BCUT2D eigenvalue weighted by atomic mass is 10.2. The zero-order valence-corrected chi connectivity index (χ0v) is 10.8. The zero-order valence-electron chi connectivity index (χ0n) is 7.64. The summed E-state index contributed by atoms with van der Waals surface area (Å²) in [7, 11) is 0. The van der Waals surface area contributed by atoms with Crippen LogP contribution in [0.1, 0.15) is 0 Å². The highest BCUT2D eigenvalue weighted by molar-refractivity contribution is 9.10. The maximum absolute atomic E-state index is 3.49. The Balaban J connectivity index is 2.55. The summed E-state index contributed by atoms with van der Waals surface area (Å²) in [6, 6.07) is 13.5. The van der Waals surface area contributed by atoms with Crippen molar-refractivity contribution < 1.29 is 0 Å². The molecule has 1 aromatic heterocycles. The molecule has 0 saturated heterocycles. The molecule has 0 fully saturated rings. The van der Waals surface area contributed by atoms with E-state index in [1.165, 1.54) is 10.8 Å². The van der Waals surface area contributed by atoms with Crippen molar-refractivity contribution in [1.82, 2.24) is 4.98 Å². The monoisotopic (exact) mass is 322 g/mol. The number of nitrogens with one attached hydrogen (secondary N) is 1. The van der Waals surface area contributed by atoms with Crippen molar-refractivity contribution in [3.8, 4) is 0 Å².